The maximum Gasteiger partial charge on any atom is 0.471 e. The third kappa shape index (κ3) is 4.51. The average molecular weight is 451 g/mol. The second kappa shape index (κ2) is 8.48. The lowest BCUT2D eigenvalue weighted by molar-refractivity contribution is -0.159. The maximum atomic E-state index is 14.5. The number of carbonyl (C=O) groups excluding carboxylic acids is 1. The van der Waals surface area contributed by atoms with Crippen molar-refractivity contribution in [1.29, 1.82) is 0 Å². The highest BCUT2D eigenvalue weighted by molar-refractivity contribution is 5.94. The number of hydrogen-bond acceptors (Lipinski definition) is 6. The van der Waals surface area contributed by atoms with Gasteiger partial charge in [-0.05, 0) is 42.5 Å². The van der Waals surface area contributed by atoms with Crippen LogP contribution in [0.25, 0.3) is 11.4 Å². The SMILES string of the molecule is COc1ccc(C(=O)N2CCC(Oc3ccc(-c4noc(C(F)(F)F)n4)cc3F)C2)cc1. The molecule has 1 fully saturated rings. The molecule has 0 saturated carbocycles. The van der Waals surface area contributed by atoms with Gasteiger partial charge in [-0.1, -0.05) is 5.16 Å². The Hall–Kier alpha value is -3.63. The van der Waals surface area contributed by atoms with Gasteiger partial charge in [0.1, 0.15) is 11.9 Å². The van der Waals surface area contributed by atoms with Crippen LogP contribution in [0, 0.1) is 5.82 Å². The smallest absolute Gasteiger partial charge is 0.471 e. The van der Waals surface area contributed by atoms with Crippen molar-refractivity contribution in [3.63, 3.8) is 0 Å². The standard InChI is InChI=1S/C21H17F4N3O4/c1-30-14-5-2-12(3-6-14)19(29)28-9-8-15(11-28)31-17-7-4-13(10-16(17)22)18-26-20(32-27-18)21(23,24)25/h2-7,10,15H,8-9,11H2,1H3. The zero-order valence-corrected chi connectivity index (χ0v) is 16.7. The van der Waals surface area contributed by atoms with Crippen molar-refractivity contribution >= 4 is 5.91 Å². The number of carbonyl (C=O) groups is 1. The number of rotatable bonds is 5. The normalized spacial score (nSPS) is 16.3. The first-order chi connectivity index (χ1) is 15.2. The fourth-order valence-corrected chi connectivity index (χ4v) is 3.30. The molecule has 1 saturated heterocycles. The van der Waals surface area contributed by atoms with Crippen molar-refractivity contribution in [2.75, 3.05) is 20.2 Å². The molecule has 4 rings (SSSR count). The predicted octanol–water partition coefficient (Wildman–Crippen LogP) is 4.20. The minimum Gasteiger partial charge on any atom is -0.497 e. The van der Waals surface area contributed by atoms with Crippen LogP contribution in [0.4, 0.5) is 17.6 Å². The van der Waals surface area contributed by atoms with Gasteiger partial charge in [0, 0.05) is 24.1 Å². The van der Waals surface area contributed by atoms with E-state index in [4.69, 9.17) is 9.47 Å². The summed E-state index contributed by atoms with van der Waals surface area (Å²) in [6.07, 6.45) is -4.72. The summed E-state index contributed by atoms with van der Waals surface area (Å²) in [7, 11) is 1.53. The van der Waals surface area contributed by atoms with E-state index in [1.54, 1.807) is 29.2 Å². The van der Waals surface area contributed by atoms with Crippen LogP contribution in [0.2, 0.25) is 0 Å². The Bertz CT molecular complexity index is 1110. The molecule has 168 valence electrons. The number of ether oxygens (including phenoxy) is 2. The first kappa shape index (κ1) is 21.6. The van der Waals surface area contributed by atoms with E-state index in [-0.39, 0.29) is 29.6 Å². The maximum absolute atomic E-state index is 14.5. The van der Waals surface area contributed by atoms with Crippen LogP contribution >= 0.6 is 0 Å². The summed E-state index contributed by atoms with van der Waals surface area (Å²) in [6, 6.07) is 10.3. The molecular formula is C21H17F4N3O4. The van der Waals surface area contributed by atoms with E-state index in [1.807, 2.05) is 0 Å². The van der Waals surface area contributed by atoms with E-state index in [2.05, 4.69) is 14.7 Å². The largest absolute Gasteiger partial charge is 0.497 e. The Morgan fingerprint density at radius 3 is 2.56 bits per heavy atom. The minimum absolute atomic E-state index is 0.0110. The van der Waals surface area contributed by atoms with E-state index in [0.29, 0.717) is 24.3 Å². The van der Waals surface area contributed by atoms with Gasteiger partial charge < -0.3 is 18.9 Å². The van der Waals surface area contributed by atoms with E-state index >= 15 is 0 Å². The summed E-state index contributed by atoms with van der Waals surface area (Å²) in [5, 5.41) is 3.23. The van der Waals surface area contributed by atoms with Gasteiger partial charge >= 0.3 is 12.1 Å². The first-order valence-corrected chi connectivity index (χ1v) is 9.55. The minimum atomic E-state index is -4.79. The third-order valence-electron chi connectivity index (χ3n) is 4.92. The molecule has 2 heterocycles. The van der Waals surface area contributed by atoms with Crippen molar-refractivity contribution in [2.45, 2.75) is 18.7 Å². The molecule has 1 aliphatic rings. The summed E-state index contributed by atoms with van der Waals surface area (Å²) >= 11 is 0. The Kier molecular flexibility index (Phi) is 5.72. The van der Waals surface area contributed by atoms with Crippen molar-refractivity contribution < 1.29 is 36.4 Å². The van der Waals surface area contributed by atoms with Crippen LogP contribution in [0.3, 0.4) is 0 Å². The number of benzene rings is 2. The molecule has 3 aromatic rings. The van der Waals surface area contributed by atoms with Crippen molar-refractivity contribution in [3.8, 4) is 22.9 Å². The van der Waals surface area contributed by atoms with E-state index in [1.165, 1.54) is 19.2 Å². The highest BCUT2D eigenvalue weighted by atomic mass is 19.4. The van der Waals surface area contributed by atoms with Gasteiger partial charge in [0.2, 0.25) is 5.82 Å². The Morgan fingerprint density at radius 1 is 1.19 bits per heavy atom. The molecular weight excluding hydrogens is 434 g/mol. The molecule has 1 amide bonds. The fraction of sp³-hybridized carbons (Fsp3) is 0.286. The van der Waals surface area contributed by atoms with Crippen molar-refractivity contribution in [1.82, 2.24) is 15.0 Å². The molecule has 1 aliphatic heterocycles. The fourth-order valence-electron chi connectivity index (χ4n) is 3.30. The van der Waals surface area contributed by atoms with Crippen LogP contribution in [-0.2, 0) is 6.18 Å². The Balaban J connectivity index is 1.40. The summed E-state index contributed by atoms with van der Waals surface area (Å²) in [4.78, 5) is 17.5. The zero-order chi connectivity index (χ0) is 22.9. The predicted molar refractivity (Wildman–Crippen MR) is 103 cm³/mol. The van der Waals surface area contributed by atoms with Crippen LogP contribution in [-0.4, -0.2) is 47.3 Å². The summed E-state index contributed by atoms with van der Waals surface area (Å²) < 4.78 is 67.2. The number of halogens is 4. The molecule has 0 spiro atoms. The molecule has 1 unspecified atom stereocenters. The molecule has 0 bridgehead atoms. The number of methoxy groups -OCH3 is 1. The first-order valence-electron chi connectivity index (χ1n) is 9.55. The molecule has 32 heavy (non-hydrogen) atoms. The van der Waals surface area contributed by atoms with Crippen LogP contribution in [0.15, 0.2) is 47.0 Å². The molecule has 1 atom stereocenters. The lowest BCUT2D eigenvalue weighted by Gasteiger charge is -2.18. The second-order valence-corrected chi connectivity index (χ2v) is 7.07. The Morgan fingerprint density at radius 2 is 1.94 bits per heavy atom. The second-order valence-electron chi connectivity index (χ2n) is 7.07. The monoisotopic (exact) mass is 451 g/mol. The topological polar surface area (TPSA) is 77.7 Å². The highest BCUT2D eigenvalue weighted by Crippen LogP contribution is 2.31. The lowest BCUT2D eigenvalue weighted by Crippen LogP contribution is -2.31. The van der Waals surface area contributed by atoms with Crippen LogP contribution in [0.5, 0.6) is 11.5 Å². The molecule has 11 heteroatoms. The lowest BCUT2D eigenvalue weighted by atomic mass is 10.2. The molecule has 0 N–H and O–H groups in total. The number of hydrogen-bond donors (Lipinski definition) is 0. The Labute approximate surface area is 179 Å². The van der Waals surface area contributed by atoms with Gasteiger partial charge in [-0.2, -0.15) is 18.2 Å². The molecule has 1 aromatic heterocycles. The van der Waals surface area contributed by atoms with Crippen LogP contribution in [0.1, 0.15) is 22.7 Å². The van der Waals surface area contributed by atoms with Gasteiger partial charge in [-0.25, -0.2) is 4.39 Å². The van der Waals surface area contributed by atoms with Gasteiger partial charge in [-0.15, -0.1) is 0 Å². The van der Waals surface area contributed by atoms with Gasteiger partial charge in [-0.3, -0.25) is 4.79 Å². The molecule has 2 aromatic carbocycles. The summed E-state index contributed by atoms with van der Waals surface area (Å²) in [5.41, 5.74) is 0.511. The van der Waals surface area contributed by atoms with E-state index in [9.17, 15) is 22.4 Å². The quantitative estimate of drug-likeness (QED) is 0.542. The summed E-state index contributed by atoms with van der Waals surface area (Å²) in [6.45, 7) is 0.712. The zero-order valence-electron chi connectivity index (χ0n) is 16.7. The van der Waals surface area contributed by atoms with Gasteiger partial charge in [0.05, 0.1) is 13.7 Å². The van der Waals surface area contributed by atoms with Crippen molar-refractivity contribution in [2.24, 2.45) is 0 Å². The van der Waals surface area contributed by atoms with E-state index < -0.39 is 24.0 Å². The number of likely N-dealkylation sites (tertiary alicyclic amines) is 1. The third-order valence-corrected chi connectivity index (χ3v) is 4.92. The van der Waals surface area contributed by atoms with Crippen molar-refractivity contribution in [3.05, 3.63) is 59.7 Å². The number of alkyl halides is 3. The van der Waals surface area contributed by atoms with Crippen LogP contribution < -0.4 is 9.47 Å². The number of aromatic nitrogens is 2. The average Bonchev–Trinajstić information content (AvgIpc) is 3.45. The molecule has 0 radical (unpaired) electrons. The van der Waals surface area contributed by atoms with Gasteiger partial charge in [0.15, 0.2) is 11.6 Å². The summed E-state index contributed by atoms with van der Waals surface area (Å²) in [5.74, 6) is -2.32. The highest BCUT2D eigenvalue weighted by Gasteiger charge is 2.38. The number of nitrogens with zero attached hydrogens (tertiary/aromatic N) is 3. The van der Waals surface area contributed by atoms with Gasteiger partial charge in [0.25, 0.3) is 5.91 Å². The van der Waals surface area contributed by atoms with E-state index in [0.717, 1.165) is 6.07 Å². The molecule has 0 aliphatic carbocycles. The molecule has 7 nitrogen and oxygen atoms in total. The number of amides is 1.